The number of amides is 1. The van der Waals surface area contributed by atoms with Gasteiger partial charge in [-0.3, -0.25) is 14.5 Å². The van der Waals surface area contributed by atoms with Crippen molar-refractivity contribution in [2.75, 3.05) is 0 Å². The minimum atomic E-state index is -1.03. The fourth-order valence-corrected chi connectivity index (χ4v) is 2.42. The van der Waals surface area contributed by atoms with Crippen molar-refractivity contribution in [2.24, 2.45) is 5.73 Å². The van der Waals surface area contributed by atoms with E-state index in [1.54, 1.807) is 35.4 Å². The van der Waals surface area contributed by atoms with Gasteiger partial charge in [0.25, 0.3) is 5.91 Å². The molecule has 0 bridgehead atoms. The third-order valence-electron chi connectivity index (χ3n) is 3.79. The van der Waals surface area contributed by atoms with Gasteiger partial charge < -0.3 is 10.5 Å². The van der Waals surface area contributed by atoms with Crippen LogP contribution in [0.2, 0.25) is 0 Å². The standard InChI is InChI=1S/C19H18N4O3/c1-13(18(20)24)26-19(25)16-12-23(11-14-6-3-2-4-7-14)22-17(16)15-8-5-9-21-10-15/h2-10,12-13H,11H2,1H3,(H2,20,24). The molecule has 2 heterocycles. The van der Waals surface area contributed by atoms with Crippen molar-refractivity contribution in [1.82, 2.24) is 14.8 Å². The van der Waals surface area contributed by atoms with Crippen LogP contribution in [-0.2, 0) is 16.1 Å². The van der Waals surface area contributed by atoms with Gasteiger partial charge in [0, 0.05) is 24.2 Å². The lowest BCUT2D eigenvalue weighted by Gasteiger charge is -2.09. The Morgan fingerprint density at radius 1 is 1.19 bits per heavy atom. The monoisotopic (exact) mass is 350 g/mol. The second-order valence-electron chi connectivity index (χ2n) is 5.77. The molecule has 3 aromatic rings. The number of primary amides is 1. The number of rotatable bonds is 6. The molecular weight excluding hydrogens is 332 g/mol. The fourth-order valence-electron chi connectivity index (χ4n) is 2.42. The van der Waals surface area contributed by atoms with E-state index in [9.17, 15) is 9.59 Å². The summed E-state index contributed by atoms with van der Waals surface area (Å²) in [6.07, 6.45) is 3.83. The molecule has 0 saturated heterocycles. The smallest absolute Gasteiger partial charge is 0.342 e. The average Bonchev–Trinajstić information content (AvgIpc) is 3.07. The molecule has 0 aliphatic carbocycles. The van der Waals surface area contributed by atoms with E-state index < -0.39 is 18.0 Å². The van der Waals surface area contributed by atoms with Crippen LogP contribution in [0.4, 0.5) is 0 Å². The van der Waals surface area contributed by atoms with Crippen LogP contribution < -0.4 is 5.73 Å². The van der Waals surface area contributed by atoms with Crippen LogP contribution >= 0.6 is 0 Å². The van der Waals surface area contributed by atoms with Gasteiger partial charge in [-0.1, -0.05) is 30.3 Å². The number of pyridine rings is 1. The summed E-state index contributed by atoms with van der Waals surface area (Å²) in [6, 6.07) is 13.3. The van der Waals surface area contributed by atoms with Gasteiger partial charge in [0.15, 0.2) is 6.10 Å². The Morgan fingerprint density at radius 2 is 1.96 bits per heavy atom. The third kappa shape index (κ3) is 3.94. The number of esters is 1. The average molecular weight is 350 g/mol. The predicted molar refractivity (Wildman–Crippen MR) is 95.1 cm³/mol. The van der Waals surface area contributed by atoms with Gasteiger partial charge in [-0.15, -0.1) is 0 Å². The van der Waals surface area contributed by atoms with Gasteiger partial charge in [-0.05, 0) is 24.6 Å². The predicted octanol–water partition coefficient (Wildman–Crippen LogP) is 2.02. The highest BCUT2D eigenvalue weighted by molar-refractivity contribution is 5.97. The van der Waals surface area contributed by atoms with E-state index in [1.165, 1.54) is 6.92 Å². The lowest BCUT2D eigenvalue weighted by atomic mass is 10.1. The topological polar surface area (TPSA) is 100 Å². The number of nitrogens with zero attached hydrogens (tertiary/aromatic N) is 3. The summed E-state index contributed by atoms with van der Waals surface area (Å²) in [5, 5.41) is 4.51. The van der Waals surface area contributed by atoms with Crippen molar-refractivity contribution in [3.8, 4) is 11.3 Å². The summed E-state index contributed by atoms with van der Waals surface area (Å²) < 4.78 is 6.79. The van der Waals surface area contributed by atoms with Crippen LogP contribution in [-0.4, -0.2) is 32.7 Å². The second kappa shape index (κ2) is 7.60. The van der Waals surface area contributed by atoms with E-state index in [1.807, 2.05) is 30.3 Å². The third-order valence-corrected chi connectivity index (χ3v) is 3.79. The van der Waals surface area contributed by atoms with E-state index in [4.69, 9.17) is 10.5 Å². The summed E-state index contributed by atoms with van der Waals surface area (Å²) in [7, 11) is 0. The number of aromatic nitrogens is 3. The first-order chi connectivity index (χ1) is 12.5. The van der Waals surface area contributed by atoms with Crippen molar-refractivity contribution < 1.29 is 14.3 Å². The molecule has 0 fully saturated rings. The van der Waals surface area contributed by atoms with Gasteiger partial charge in [0.1, 0.15) is 11.3 Å². The molecule has 132 valence electrons. The highest BCUT2D eigenvalue weighted by atomic mass is 16.5. The van der Waals surface area contributed by atoms with Gasteiger partial charge in [0.05, 0.1) is 6.54 Å². The first-order valence-corrected chi connectivity index (χ1v) is 8.06. The maximum absolute atomic E-state index is 12.5. The first-order valence-electron chi connectivity index (χ1n) is 8.06. The molecule has 1 unspecified atom stereocenters. The minimum absolute atomic E-state index is 0.252. The van der Waals surface area contributed by atoms with E-state index in [2.05, 4.69) is 10.1 Å². The molecule has 0 aliphatic heterocycles. The van der Waals surface area contributed by atoms with Gasteiger partial charge in [0.2, 0.25) is 0 Å². The molecule has 0 saturated carbocycles. The molecule has 3 rings (SSSR count). The molecule has 0 radical (unpaired) electrons. The summed E-state index contributed by atoms with van der Waals surface area (Å²) in [5.41, 5.74) is 7.58. The lowest BCUT2D eigenvalue weighted by molar-refractivity contribution is -0.125. The van der Waals surface area contributed by atoms with Crippen LogP contribution in [0.25, 0.3) is 11.3 Å². The Kier molecular flexibility index (Phi) is 5.07. The van der Waals surface area contributed by atoms with Crippen molar-refractivity contribution in [3.05, 3.63) is 72.2 Å². The van der Waals surface area contributed by atoms with Crippen molar-refractivity contribution in [2.45, 2.75) is 19.6 Å². The SMILES string of the molecule is CC(OC(=O)c1cn(Cc2ccccc2)nc1-c1cccnc1)C(N)=O. The van der Waals surface area contributed by atoms with E-state index in [-0.39, 0.29) is 5.56 Å². The molecule has 7 nitrogen and oxygen atoms in total. The molecule has 1 atom stereocenters. The van der Waals surface area contributed by atoms with Crippen LogP contribution in [0.1, 0.15) is 22.8 Å². The Morgan fingerprint density at radius 3 is 2.62 bits per heavy atom. The number of carbonyl (C=O) groups is 2. The molecule has 7 heteroatoms. The number of benzene rings is 1. The summed E-state index contributed by atoms with van der Waals surface area (Å²) in [4.78, 5) is 27.8. The number of hydrogen-bond donors (Lipinski definition) is 1. The van der Waals surface area contributed by atoms with E-state index in [0.29, 0.717) is 17.8 Å². The molecule has 1 aromatic carbocycles. The Bertz CT molecular complexity index is 907. The van der Waals surface area contributed by atoms with Gasteiger partial charge in [-0.2, -0.15) is 5.10 Å². The number of hydrogen-bond acceptors (Lipinski definition) is 5. The van der Waals surface area contributed by atoms with Crippen LogP contribution in [0.5, 0.6) is 0 Å². The number of ether oxygens (including phenoxy) is 1. The fraction of sp³-hybridized carbons (Fsp3) is 0.158. The maximum atomic E-state index is 12.5. The summed E-state index contributed by atoms with van der Waals surface area (Å²) in [6.45, 7) is 1.92. The first kappa shape index (κ1) is 17.3. The number of nitrogens with two attached hydrogens (primary N) is 1. The summed E-state index contributed by atoms with van der Waals surface area (Å²) in [5.74, 6) is -1.37. The normalized spacial score (nSPS) is 11.7. The zero-order valence-corrected chi connectivity index (χ0v) is 14.2. The molecule has 26 heavy (non-hydrogen) atoms. The quantitative estimate of drug-likeness (QED) is 0.686. The van der Waals surface area contributed by atoms with Crippen LogP contribution in [0, 0.1) is 0 Å². The van der Waals surface area contributed by atoms with E-state index in [0.717, 1.165) is 5.56 Å². The van der Waals surface area contributed by atoms with Crippen LogP contribution in [0.3, 0.4) is 0 Å². The Hall–Kier alpha value is -3.48. The lowest BCUT2D eigenvalue weighted by Crippen LogP contribution is -2.30. The van der Waals surface area contributed by atoms with Gasteiger partial charge >= 0.3 is 5.97 Å². The van der Waals surface area contributed by atoms with Crippen LogP contribution in [0.15, 0.2) is 61.1 Å². The van der Waals surface area contributed by atoms with E-state index >= 15 is 0 Å². The van der Waals surface area contributed by atoms with Crippen molar-refractivity contribution >= 4 is 11.9 Å². The summed E-state index contributed by atoms with van der Waals surface area (Å²) >= 11 is 0. The van der Waals surface area contributed by atoms with Crippen molar-refractivity contribution in [3.63, 3.8) is 0 Å². The highest BCUT2D eigenvalue weighted by Gasteiger charge is 2.23. The van der Waals surface area contributed by atoms with Crippen molar-refractivity contribution in [1.29, 1.82) is 0 Å². The largest absolute Gasteiger partial charge is 0.449 e. The molecular formula is C19H18N4O3. The molecule has 2 aromatic heterocycles. The Labute approximate surface area is 150 Å². The Balaban J connectivity index is 1.95. The molecule has 0 aliphatic rings. The molecule has 1 amide bonds. The highest BCUT2D eigenvalue weighted by Crippen LogP contribution is 2.23. The number of carbonyl (C=O) groups excluding carboxylic acids is 2. The minimum Gasteiger partial charge on any atom is -0.449 e. The maximum Gasteiger partial charge on any atom is 0.342 e. The molecule has 2 N–H and O–H groups in total. The van der Waals surface area contributed by atoms with Gasteiger partial charge in [-0.25, -0.2) is 4.79 Å². The molecule has 0 spiro atoms. The second-order valence-corrected chi connectivity index (χ2v) is 5.77. The zero-order valence-electron chi connectivity index (χ0n) is 14.2. The zero-order chi connectivity index (χ0) is 18.5.